The predicted octanol–water partition coefficient (Wildman–Crippen LogP) is 3.22. The summed E-state index contributed by atoms with van der Waals surface area (Å²) < 4.78 is 6.30. The van der Waals surface area contributed by atoms with E-state index in [1.54, 1.807) is 18.4 Å². The summed E-state index contributed by atoms with van der Waals surface area (Å²) in [6.07, 6.45) is 0.219. The summed E-state index contributed by atoms with van der Waals surface area (Å²) in [6, 6.07) is 4.11. The van der Waals surface area contributed by atoms with Crippen LogP contribution in [0.3, 0.4) is 0 Å². The van der Waals surface area contributed by atoms with Gasteiger partial charge in [0.2, 0.25) is 0 Å². The molecule has 0 aromatic carbocycles. The molecule has 1 rings (SSSR count). The first-order valence-corrected chi connectivity index (χ1v) is 4.63. The molecule has 0 N–H and O–H groups in total. The molecule has 10 heavy (non-hydrogen) atoms. The Morgan fingerprint density at radius 1 is 1.60 bits per heavy atom. The molecule has 0 radical (unpaired) electrons. The van der Waals surface area contributed by atoms with Crippen LogP contribution in [0.25, 0.3) is 0 Å². The molecule has 1 atom stereocenters. The predicted molar refractivity (Wildman–Crippen MR) is 47.4 cm³/mol. The second-order valence-electron chi connectivity index (χ2n) is 2.02. The largest absolute Gasteiger partial charge is 0.376 e. The Hall–Kier alpha value is 0.140. The van der Waals surface area contributed by atoms with Crippen LogP contribution in [0.4, 0.5) is 0 Å². The maximum atomic E-state index is 5.14. The van der Waals surface area contributed by atoms with Crippen molar-refractivity contribution in [2.75, 3.05) is 7.11 Å². The zero-order valence-electron chi connectivity index (χ0n) is 5.93. The van der Waals surface area contributed by atoms with Crippen molar-refractivity contribution in [2.24, 2.45) is 0 Å². The van der Waals surface area contributed by atoms with Crippen LogP contribution in [-0.4, -0.2) is 7.11 Å². The molecule has 3 heteroatoms. The third kappa shape index (κ3) is 1.81. The van der Waals surface area contributed by atoms with Crippen LogP contribution >= 0.6 is 27.3 Å². The molecule has 1 heterocycles. The van der Waals surface area contributed by atoms with Crippen molar-refractivity contribution in [2.45, 2.75) is 13.0 Å². The fraction of sp³-hybridized carbons (Fsp3) is 0.429. The highest BCUT2D eigenvalue weighted by molar-refractivity contribution is 9.11. The van der Waals surface area contributed by atoms with Crippen molar-refractivity contribution in [3.05, 3.63) is 20.8 Å². The van der Waals surface area contributed by atoms with Gasteiger partial charge in [0, 0.05) is 12.0 Å². The van der Waals surface area contributed by atoms with E-state index in [9.17, 15) is 0 Å². The summed E-state index contributed by atoms with van der Waals surface area (Å²) in [5.41, 5.74) is 0. The van der Waals surface area contributed by atoms with E-state index >= 15 is 0 Å². The maximum Gasteiger partial charge on any atom is 0.0885 e. The lowest BCUT2D eigenvalue weighted by atomic mass is 10.3. The van der Waals surface area contributed by atoms with Crippen LogP contribution in [0.15, 0.2) is 15.9 Å². The van der Waals surface area contributed by atoms with Crippen LogP contribution in [0.1, 0.15) is 17.9 Å². The fourth-order valence-corrected chi connectivity index (χ4v) is 2.12. The molecule has 0 amide bonds. The van der Waals surface area contributed by atoms with Gasteiger partial charge in [0.15, 0.2) is 0 Å². The molecule has 0 saturated carbocycles. The Bertz CT molecular complexity index is 209. The lowest BCUT2D eigenvalue weighted by Gasteiger charge is -2.04. The Kier molecular flexibility index (Phi) is 2.89. The van der Waals surface area contributed by atoms with Gasteiger partial charge < -0.3 is 4.74 Å². The van der Waals surface area contributed by atoms with E-state index in [4.69, 9.17) is 4.74 Å². The van der Waals surface area contributed by atoms with Crippen molar-refractivity contribution in [1.82, 2.24) is 0 Å². The minimum Gasteiger partial charge on any atom is -0.376 e. The highest BCUT2D eigenvalue weighted by Crippen LogP contribution is 2.28. The number of halogens is 1. The molecule has 0 fully saturated rings. The highest BCUT2D eigenvalue weighted by atomic mass is 79.9. The van der Waals surface area contributed by atoms with Gasteiger partial charge in [-0.25, -0.2) is 0 Å². The number of hydrogen-bond acceptors (Lipinski definition) is 2. The zero-order chi connectivity index (χ0) is 7.56. The van der Waals surface area contributed by atoms with Gasteiger partial charge >= 0.3 is 0 Å². The van der Waals surface area contributed by atoms with E-state index in [0.717, 1.165) is 3.79 Å². The van der Waals surface area contributed by atoms with Crippen molar-refractivity contribution in [1.29, 1.82) is 0 Å². The molecular formula is C7H9BrOS. The SMILES string of the molecule is CO[C@H](C)c1ccc(Br)s1. The molecule has 1 aromatic heterocycles. The molecular weight excluding hydrogens is 212 g/mol. The molecule has 0 aliphatic heterocycles. The van der Waals surface area contributed by atoms with Crippen molar-refractivity contribution in [3.8, 4) is 0 Å². The topological polar surface area (TPSA) is 9.23 Å². The molecule has 0 unspecified atom stereocenters. The minimum absolute atomic E-state index is 0.219. The van der Waals surface area contributed by atoms with Gasteiger partial charge in [-0.15, -0.1) is 11.3 Å². The average molecular weight is 221 g/mol. The molecule has 0 bridgehead atoms. The smallest absolute Gasteiger partial charge is 0.0885 e. The Balaban J connectivity index is 2.74. The summed E-state index contributed by atoms with van der Waals surface area (Å²) in [6.45, 7) is 2.04. The van der Waals surface area contributed by atoms with Crippen LogP contribution in [-0.2, 0) is 4.74 Å². The van der Waals surface area contributed by atoms with E-state index in [1.165, 1.54) is 4.88 Å². The van der Waals surface area contributed by atoms with Gasteiger partial charge in [0.1, 0.15) is 0 Å². The fourth-order valence-electron chi connectivity index (χ4n) is 0.663. The number of hydrogen-bond donors (Lipinski definition) is 0. The molecule has 0 saturated heterocycles. The zero-order valence-corrected chi connectivity index (χ0v) is 8.33. The molecule has 0 spiro atoms. The minimum atomic E-state index is 0.219. The lowest BCUT2D eigenvalue weighted by Crippen LogP contribution is -1.90. The summed E-state index contributed by atoms with van der Waals surface area (Å²) in [7, 11) is 1.72. The van der Waals surface area contributed by atoms with E-state index < -0.39 is 0 Å². The Morgan fingerprint density at radius 3 is 2.70 bits per heavy atom. The number of methoxy groups -OCH3 is 1. The lowest BCUT2D eigenvalue weighted by molar-refractivity contribution is 0.122. The van der Waals surface area contributed by atoms with Crippen LogP contribution in [0.2, 0.25) is 0 Å². The molecule has 56 valence electrons. The van der Waals surface area contributed by atoms with Gasteiger partial charge in [0.05, 0.1) is 9.89 Å². The summed E-state index contributed by atoms with van der Waals surface area (Å²) in [5, 5.41) is 0. The number of thiophene rings is 1. The van der Waals surface area contributed by atoms with E-state index in [1.807, 2.05) is 13.0 Å². The Labute approximate surface area is 73.1 Å². The molecule has 0 aliphatic carbocycles. The monoisotopic (exact) mass is 220 g/mol. The van der Waals surface area contributed by atoms with Crippen LogP contribution < -0.4 is 0 Å². The molecule has 1 nitrogen and oxygen atoms in total. The third-order valence-electron chi connectivity index (χ3n) is 1.35. The second-order valence-corrected chi connectivity index (χ2v) is 4.51. The standard InChI is InChI=1S/C7H9BrOS/c1-5(9-2)6-3-4-7(8)10-6/h3-5H,1-2H3/t5-/m1/s1. The average Bonchev–Trinajstić information content (AvgIpc) is 2.34. The van der Waals surface area contributed by atoms with E-state index in [0.29, 0.717) is 0 Å². The molecule has 1 aromatic rings. The normalized spacial score (nSPS) is 13.5. The second kappa shape index (κ2) is 3.51. The summed E-state index contributed by atoms with van der Waals surface area (Å²) in [4.78, 5) is 1.26. The van der Waals surface area contributed by atoms with E-state index in [2.05, 4.69) is 22.0 Å². The highest BCUT2D eigenvalue weighted by Gasteiger charge is 2.04. The van der Waals surface area contributed by atoms with Gasteiger partial charge in [0.25, 0.3) is 0 Å². The Morgan fingerprint density at radius 2 is 2.30 bits per heavy atom. The maximum absolute atomic E-state index is 5.14. The van der Waals surface area contributed by atoms with E-state index in [-0.39, 0.29) is 6.10 Å². The first-order valence-electron chi connectivity index (χ1n) is 3.02. The van der Waals surface area contributed by atoms with Crippen molar-refractivity contribution >= 4 is 27.3 Å². The van der Waals surface area contributed by atoms with Crippen LogP contribution in [0, 0.1) is 0 Å². The van der Waals surface area contributed by atoms with Gasteiger partial charge in [-0.05, 0) is 35.0 Å². The van der Waals surface area contributed by atoms with Gasteiger partial charge in [-0.3, -0.25) is 0 Å². The quantitative estimate of drug-likeness (QED) is 0.744. The third-order valence-corrected chi connectivity index (χ3v) is 3.13. The summed E-state index contributed by atoms with van der Waals surface area (Å²) in [5.74, 6) is 0. The van der Waals surface area contributed by atoms with Crippen molar-refractivity contribution in [3.63, 3.8) is 0 Å². The van der Waals surface area contributed by atoms with Gasteiger partial charge in [-0.2, -0.15) is 0 Å². The van der Waals surface area contributed by atoms with Crippen molar-refractivity contribution < 1.29 is 4.74 Å². The van der Waals surface area contributed by atoms with Gasteiger partial charge in [-0.1, -0.05) is 0 Å². The van der Waals surface area contributed by atoms with Crippen LogP contribution in [0.5, 0.6) is 0 Å². The number of ether oxygens (including phenoxy) is 1. The first-order chi connectivity index (χ1) is 4.74. The number of rotatable bonds is 2. The summed E-state index contributed by atoms with van der Waals surface area (Å²) >= 11 is 5.10. The first kappa shape index (κ1) is 8.24. The molecule has 0 aliphatic rings.